The first-order valence-electron chi connectivity index (χ1n) is 4.00. The van der Waals surface area contributed by atoms with Gasteiger partial charge in [0.15, 0.2) is 0 Å². The first-order valence-corrected chi connectivity index (χ1v) is 4.00. The molecule has 0 fully saturated rings. The predicted octanol–water partition coefficient (Wildman–Crippen LogP) is 0.582. The lowest BCUT2D eigenvalue weighted by molar-refractivity contribution is -0.117. The molecule has 0 aliphatic heterocycles. The molecule has 0 radical (unpaired) electrons. The van der Waals surface area contributed by atoms with Crippen molar-refractivity contribution in [3.63, 3.8) is 0 Å². The van der Waals surface area contributed by atoms with Crippen LogP contribution in [0.25, 0.3) is 0 Å². The number of amides is 1. The van der Waals surface area contributed by atoms with Crippen LogP contribution in [0.1, 0.15) is 13.8 Å². The Morgan fingerprint density at radius 1 is 1.58 bits per heavy atom. The predicted molar refractivity (Wildman–Crippen MR) is 50.6 cm³/mol. The van der Waals surface area contributed by atoms with E-state index >= 15 is 0 Å². The highest BCUT2D eigenvalue weighted by Crippen LogP contribution is 1.80. The fraction of sp³-hybridized carbons (Fsp3) is 0.444. The van der Waals surface area contributed by atoms with Crippen LogP contribution in [0.3, 0.4) is 0 Å². The fourth-order valence-corrected chi connectivity index (χ4v) is 0.604. The topological polar surface area (TPSA) is 55.1 Å². The number of rotatable bonds is 4. The fourth-order valence-electron chi connectivity index (χ4n) is 0.604. The summed E-state index contributed by atoms with van der Waals surface area (Å²) in [6.45, 7) is 4.22. The minimum absolute atomic E-state index is 0.0350. The Morgan fingerprint density at radius 3 is 2.75 bits per heavy atom. The van der Waals surface area contributed by atoms with E-state index in [0.29, 0.717) is 6.54 Å². The Hall–Kier alpha value is -1.09. The van der Waals surface area contributed by atoms with Gasteiger partial charge in [-0.25, -0.2) is 0 Å². The van der Waals surface area contributed by atoms with Gasteiger partial charge in [0.1, 0.15) is 0 Å². The van der Waals surface area contributed by atoms with E-state index < -0.39 is 0 Å². The highest BCUT2D eigenvalue weighted by Gasteiger charge is 1.99. The number of carbonyl (C=O) groups is 1. The molecular formula is C9H16N2O. The van der Waals surface area contributed by atoms with Crippen molar-refractivity contribution in [2.75, 3.05) is 6.54 Å². The minimum Gasteiger partial charge on any atom is -0.349 e. The summed E-state index contributed by atoms with van der Waals surface area (Å²) in [4.78, 5) is 11.0. The summed E-state index contributed by atoms with van der Waals surface area (Å²) in [7, 11) is 0. The van der Waals surface area contributed by atoms with E-state index in [1.807, 2.05) is 19.9 Å². The Bertz CT molecular complexity index is 185. The van der Waals surface area contributed by atoms with Gasteiger partial charge in [-0.1, -0.05) is 18.2 Å². The lowest BCUT2D eigenvalue weighted by atomic mass is 10.3. The summed E-state index contributed by atoms with van der Waals surface area (Å²) >= 11 is 0. The maximum atomic E-state index is 11.0. The van der Waals surface area contributed by atoms with Crippen LogP contribution < -0.4 is 11.1 Å². The molecule has 1 atom stereocenters. The SMILES string of the molecule is CC=CC=CC(=O)NC(C)CN. The molecule has 68 valence electrons. The van der Waals surface area contributed by atoms with E-state index in [9.17, 15) is 4.79 Å². The van der Waals surface area contributed by atoms with Gasteiger partial charge in [-0.3, -0.25) is 4.79 Å². The highest BCUT2D eigenvalue weighted by molar-refractivity contribution is 5.87. The van der Waals surface area contributed by atoms with Gasteiger partial charge in [-0.15, -0.1) is 0 Å². The van der Waals surface area contributed by atoms with Gasteiger partial charge < -0.3 is 11.1 Å². The molecule has 0 aliphatic carbocycles. The van der Waals surface area contributed by atoms with Gasteiger partial charge in [0.25, 0.3) is 0 Å². The zero-order chi connectivity index (χ0) is 9.40. The Balaban J connectivity index is 3.73. The van der Waals surface area contributed by atoms with Crippen LogP contribution >= 0.6 is 0 Å². The number of allylic oxidation sites excluding steroid dienone is 3. The van der Waals surface area contributed by atoms with Crippen molar-refractivity contribution in [3.05, 3.63) is 24.3 Å². The van der Waals surface area contributed by atoms with Gasteiger partial charge in [0, 0.05) is 18.7 Å². The first kappa shape index (κ1) is 10.9. The van der Waals surface area contributed by atoms with Crippen LogP contribution in [-0.2, 0) is 4.79 Å². The molecule has 0 aliphatic rings. The number of hydrogen-bond donors (Lipinski definition) is 2. The Morgan fingerprint density at radius 2 is 2.25 bits per heavy atom. The zero-order valence-corrected chi connectivity index (χ0v) is 7.58. The van der Waals surface area contributed by atoms with Crippen molar-refractivity contribution < 1.29 is 4.79 Å². The largest absolute Gasteiger partial charge is 0.349 e. The summed E-state index contributed by atoms with van der Waals surface area (Å²) in [5, 5.41) is 2.70. The lowest BCUT2D eigenvalue weighted by Crippen LogP contribution is -2.36. The smallest absolute Gasteiger partial charge is 0.244 e. The molecule has 0 aromatic carbocycles. The van der Waals surface area contributed by atoms with Crippen LogP contribution in [0.4, 0.5) is 0 Å². The van der Waals surface area contributed by atoms with E-state index in [1.54, 1.807) is 12.2 Å². The van der Waals surface area contributed by atoms with Crippen molar-refractivity contribution in [1.29, 1.82) is 0 Å². The third-order valence-corrected chi connectivity index (χ3v) is 1.29. The van der Waals surface area contributed by atoms with E-state index in [0.717, 1.165) is 0 Å². The normalized spacial score (nSPS) is 13.9. The van der Waals surface area contributed by atoms with Crippen LogP contribution in [-0.4, -0.2) is 18.5 Å². The average Bonchev–Trinajstić information content (AvgIpc) is 2.05. The number of carbonyl (C=O) groups excluding carboxylic acids is 1. The van der Waals surface area contributed by atoms with E-state index in [2.05, 4.69) is 5.32 Å². The lowest BCUT2D eigenvalue weighted by Gasteiger charge is -2.07. The molecular weight excluding hydrogens is 152 g/mol. The van der Waals surface area contributed by atoms with Crippen molar-refractivity contribution in [2.45, 2.75) is 19.9 Å². The highest BCUT2D eigenvalue weighted by atomic mass is 16.1. The number of hydrogen-bond acceptors (Lipinski definition) is 2. The third kappa shape index (κ3) is 5.68. The van der Waals surface area contributed by atoms with Gasteiger partial charge >= 0.3 is 0 Å². The molecule has 1 amide bonds. The van der Waals surface area contributed by atoms with Crippen molar-refractivity contribution in [3.8, 4) is 0 Å². The standard InChI is InChI=1S/C9H16N2O/c1-3-4-5-6-9(12)11-8(2)7-10/h3-6,8H,7,10H2,1-2H3,(H,11,12). The molecule has 0 rings (SSSR count). The average molecular weight is 168 g/mol. The van der Waals surface area contributed by atoms with Gasteiger partial charge in [0.2, 0.25) is 5.91 Å². The molecule has 0 bridgehead atoms. The molecule has 3 heteroatoms. The van der Waals surface area contributed by atoms with Crippen LogP contribution in [0.15, 0.2) is 24.3 Å². The quantitative estimate of drug-likeness (QED) is 0.476. The zero-order valence-electron chi connectivity index (χ0n) is 7.58. The summed E-state index contributed by atoms with van der Waals surface area (Å²) in [6.07, 6.45) is 6.83. The summed E-state index contributed by atoms with van der Waals surface area (Å²) in [5.41, 5.74) is 5.32. The minimum atomic E-state index is -0.106. The van der Waals surface area contributed by atoms with Crippen molar-refractivity contribution >= 4 is 5.91 Å². The second-order valence-corrected chi connectivity index (χ2v) is 2.53. The van der Waals surface area contributed by atoms with E-state index in [1.165, 1.54) is 6.08 Å². The van der Waals surface area contributed by atoms with Gasteiger partial charge in [-0.2, -0.15) is 0 Å². The maximum Gasteiger partial charge on any atom is 0.244 e. The van der Waals surface area contributed by atoms with E-state index in [-0.39, 0.29) is 11.9 Å². The molecule has 0 heterocycles. The summed E-state index contributed by atoms with van der Waals surface area (Å²) in [6, 6.07) is 0.0350. The van der Waals surface area contributed by atoms with Gasteiger partial charge in [-0.05, 0) is 13.8 Å². The molecule has 0 saturated heterocycles. The molecule has 0 spiro atoms. The summed E-state index contributed by atoms with van der Waals surface area (Å²) in [5.74, 6) is -0.106. The second-order valence-electron chi connectivity index (χ2n) is 2.53. The summed E-state index contributed by atoms with van der Waals surface area (Å²) < 4.78 is 0. The van der Waals surface area contributed by atoms with Crippen molar-refractivity contribution in [1.82, 2.24) is 5.32 Å². The monoisotopic (exact) mass is 168 g/mol. The molecule has 3 N–H and O–H groups in total. The van der Waals surface area contributed by atoms with Crippen molar-refractivity contribution in [2.24, 2.45) is 5.73 Å². The number of nitrogens with two attached hydrogens (primary N) is 1. The molecule has 3 nitrogen and oxygen atoms in total. The number of nitrogens with one attached hydrogen (secondary N) is 1. The van der Waals surface area contributed by atoms with Crippen LogP contribution in [0.2, 0.25) is 0 Å². The van der Waals surface area contributed by atoms with Gasteiger partial charge in [0.05, 0.1) is 0 Å². The third-order valence-electron chi connectivity index (χ3n) is 1.29. The molecule has 12 heavy (non-hydrogen) atoms. The van der Waals surface area contributed by atoms with E-state index in [4.69, 9.17) is 5.73 Å². The molecule has 1 unspecified atom stereocenters. The maximum absolute atomic E-state index is 11.0. The molecule has 0 aromatic rings. The Labute approximate surface area is 73.3 Å². The van der Waals surface area contributed by atoms with Crippen LogP contribution in [0.5, 0.6) is 0 Å². The molecule has 0 saturated carbocycles. The second kappa shape index (κ2) is 6.61. The Kier molecular flexibility index (Phi) is 6.01. The first-order chi connectivity index (χ1) is 5.70. The van der Waals surface area contributed by atoms with Crippen LogP contribution in [0, 0.1) is 0 Å². The molecule has 0 aromatic heterocycles.